The van der Waals surface area contributed by atoms with Crippen LogP contribution in [0.15, 0.2) is 30.3 Å². The average molecular weight is 247 g/mol. The first-order chi connectivity index (χ1) is 8.67. The van der Waals surface area contributed by atoms with Crippen LogP contribution >= 0.6 is 0 Å². The van der Waals surface area contributed by atoms with Crippen molar-refractivity contribution in [2.75, 3.05) is 19.6 Å². The number of likely N-dealkylation sites (tertiary alicyclic amines) is 1. The van der Waals surface area contributed by atoms with Gasteiger partial charge in [-0.2, -0.15) is 0 Å². The lowest BCUT2D eigenvalue weighted by atomic mass is 9.96. The van der Waals surface area contributed by atoms with E-state index in [0.29, 0.717) is 5.92 Å². The van der Waals surface area contributed by atoms with Gasteiger partial charge in [-0.05, 0) is 37.3 Å². The van der Waals surface area contributed by atoms with Crippen molar-refractivity contribution in [3.8, 4) is 0 Å². The summed E-state index contributed by atoms with van der Waals surface area (Å²) in [6.45, 7) is 7.18. The third-order valence-electron chi connectivity index (χ3n) is 4.38. The Morgan fingerprint density at radius 2 is 1.89 bits per heavy atom. The molecule has 2 rings (SSSR count). The molecule has 1 unspecified atom stereocenters. The van der Waals surface area contributed by atoms with Crippen LogP contribution in [0.25, 0.3) is 0 Å². The third-order valence-corrected chi connectivity index (χ3v) is 4.38. The first kappa shape index (κ1) is 13.6. The standard InChI is InChI=1S/C16H25NO/c1-3-16(18,4-2)13-17-11-10-15(12-17)14-8-6-5-7-9-14/h5-9,15,18H,3-4,10-13H2,1-2H3. The smallest absolute Gasteiger partial charge is 0.0768 e. The van der Waals surface area contributed by atoms with Crippen LogP contribution in [-0.4, -0.2) is 35.2 Å². The zero-order valence-corrected chi connectivity index (χ0v) is 11.6. The highest BCUT2D eigenvalue weighted by Crippen LogP contribution is 2.29. The van der Waals surface area contributed by atoms with Crippen molar-refractivity contribution in [2.45, 2.75) is 44.6 Å². The summed E-state index contributed by atoms with van der Waals surface area (Å²) in [4.78, 5) is 2.42. The van der Waals surface area contributed by atoms with Gasteiger partial charge in [-0.1, -0.05) is 44.2 Å². The van der Waals surface area contributed by atoms with Gasteiger partial charge in [-0.25, -0.2) is 0 Å². The number of hydrogen-bond acceptors (Lipinski definition) is 2. The maximum Gasteiger partial charge on any atom is 0.0768 e. The van der Waals surface area contributed by atoms with E-state index >= 15 is 0 Å². The number of benzene rings is 1. The highest BCUT2D eigenvalue weighted by atomic mass is 16.3. The lowest BCUT2D eigenvalue weighted by Crippen LogP contribution is -2.41. The van der Waals surface area contributed by atoms with E-state index in [1.165, 1.54) is 12.0 Å². The molecule has 1 aliphatic heterocycles. The summed E-state index contributed by atoms with van der Waals surface area (Å²) in [6, 6.07) is 10.8. The van der Waals surface area contributed by atoms with Crippen molar-refractivity contribution in [3.05, 3.63) is 35.9 Å². The number of aliphatic hydroxyl groups is 1. The second-order valence-electron chi connectivity index (χ2n) is 5.56. The monoisotopic (exact) mass is 247 g/mol. The largest absolute Gasteiger partial charge is 0.389 e. The molecule has 18 heavy (non-hydrogen) atoms. The summed E-state index contributed by atoms with van der Waals surface area (Å²) in [5.74, 6) is 0.643. The lowest BCUT2D eigenvalue weighted by Gasteiger charge is -2.30. The number of nitrogens with zero attached hydrogens (tertiary/aromatic N) is 1. The molecule has 0 bridgehead atoms. The fourth-order valence-corrected chi connectivity index (χ4v) is 2.86. The molecule has 1 saturated heterocycles. The molecule has 1 heterocycles. The van der Waals surface area contributed by atoms with Crippen molar-refractivity contribution in [1.82, 2.24) is 4.90 Å². The number of β-amino-alcohol motifs (C(OH)–C–C–N with tert-alkyl or cyclic N) is 1. The SMILES string of the molecule is CCC(O)(CC)CN1CCC(c2ccccc2)C1. The quantitative estimate of drug-likeness (QED) is 0.864. The molecule has 0 saturated carbocycles. The minimum atomic E-state index is -0.494. The molecular formula is C16H25NO. The minimum absolute atomic E-state index is 0.494. The van der Waals surface area contributed by atoms with Gasteiger partial charge in [0.05, 0.1) is 5.60 Å². The topological polar surface area (TPSA) is 23.5 Å². The van der Waals surface area contributed by atoms with Crippen LogP contribution in [0.4, 0.5) is 0 Å². The molecule has 1 aromatic rings. The van der Waals surface area contributed by atoms with Gasteiger partial charge in [-0.3, -0.25) is 4.90 Å². The molecule has 100 valence electrons. The number of hydrogen-bond donors (Lipinski definition) is 1. The van der Waals surface area contributed by atoms with Crippen molar-refractivity contribution in [2.24, 2.45) is 0 Å². The first-order valence-corrected chi connectivity index (χ1v) is 7.16. The van der Waals surface area contributed by atoms with Gasteiger partial charge in [0, 0.05) is 13.1 Å². The Morgan fingerprint density at radius 1 is 1.22 bits per heavy atom. The highest BCUT2D eigenvalue weighted by Gasteiger charge is 2.30. The summed E-state index contributed by atoms with van der Waals surface area (Å²) in [5.41, 5.74) is 0.947. The summed E-state index contributed by atoms with van der Waals surface area (Å²) in [5, 5.41) is 10.4. The molecule has 1 aliphatic rings. The average Bonchev–Trinajstić information content (AvgIpc) is 2.88. The van der Waals surface area contributed by atoms with Crippen LogP contribution in [0.2, 0.25) is 0 Å². The van der Waals surface area contributed by atoms with Gasteiger partial charge >= 0.3 is 0 Å². The van der Waals surface area contributed by atoms with Crippen molar-refractivity contribution in [3.63, 3.8) is 0 Å². The Balaban J connectivity index is 1.93. The zero-order valence-electron chi connectivity index (χ0n) is 11.6. The Morgan fingerprint density at radius 3 is 2.50 bits per heavy atom. The molecule has 0 aliphatic carbocycles. The zero-order chi connectivity index (χ0) is 13.0. The Labute approximate surface area is 111 Å². The van der Waals surface area contributed by atoms with Crippen molar-refractivity contribution < 1.29 is 5.11 Å². The second-order valence-corrected chi connectivity index (χ2v) is 5.56. The van der Waals surface area contributed by atoms with E-state index in [-0.39, 0.29) is 0 Å². The summed E-state index contributed by atoms with van der Waals surface area (Å²) in [7, 11) is 0. The first-order valence-electron chi connectivity index (χ1n) is 7.16. The summed E-state index contributed by atoms with van der Waals surface area (Å²) >= 11 is 0. The van der Waals surface area contributed by atoms with Crippen LogP contribution in [0.3, 0.4) is 0 Å². The highest BCUT2D eigenvalue weighted by molar-refractivity contribution is 5.21. The van der Waals surface area contributed by atoms with E-state index in [4.69, 9.17) is 0 Å². The molecule has 0 radical (unpaired) electrons. The van der Waals surface area contributed by atoms with E-state index in [0.717, 1.165) is 32.5 Å². The fraction of sp³-hybridized carbons (Fsp3) is 0.625. The van der Waals surface area contributed by atoms with Gasteiger partial charge in [0.1, 0.15) is 0 Å². The Bertz CT molecular complexity index is 359. The molecule has 0 spiro atoms. The van der Waals surface area contributed by atoms with E-state index in [1.807, 2.05) is 0 Å². The van der Waals surface area contributed by atoms with E-state index in [2.05, 4.69) is 49.1 Å². The second kappa shape index (κ2) is 5.85. The fourth-order valence-electron chi connectivity index (χ4n) is 2.86. The van der Waals surface area contributed by atoms with E-state index < -0.39 is 5.60 Å². The van der Waals surface area contributed by atoms with Gasteiger partial charge in [0.25, 0.3) is 0 Å². The number of rotatable bonds is 5. The van der Waals surface area contributed by atoms with E-state index in [1.54, 1.807) is 0 Å². The van der Waals surface area contributed by atoms with Crippen LogP contribution in [0, 0.1) is 0 Å². The van der Waals surface area contributed by atoms with Crippen molar-refractivity contribution in [1.29, 1.82) is 0 Å². The normalized spacial score (nSPS) is 21.4. The lowest BCUT2D eigenvalue weighted by molar-refractivity contribution is 0.00217. The molecule has 1 fully saturated rings. The molecule has 0 aromatic heterocycles. The van der Waals surface area contributed by atoms with Gasteiger partial charge in [0.15, 0.2) is 0 Å². The molecular weight excluding hydrogens is 222 g/mol. The van der Waals surface area contributed by atoms with Gasteiger partial charge in [-0.15, -0.1) is 0 Å². The maximum atomic E-state index is 10.4. The molecule has 1 atom stereocenters. The maximum absolute atomic E-state index is 10.4. The molecule has 2 nitrogen and oxygen atoms in total. The molecule has 1 N–H and O–H groups in total. The summed E-state index contributed by atoms with van der Waals surface area (Å²) in [6.07, 6.45) is 2.90. The van der Waals surface area contributed by atoms with Crippen LogP contribution in [-0.2, 0) is 0 Å². The van der Waals surface area contributed by atoms with Gasteiger partial charge < -0.3 is 5.11 Å². The van der Waals surface area contributed by atoms with Crippen LogP contribution < -0.4 is 0 Å². The predicted octanol–water partition coefficient (Wildman–Crippen LogP) is 3.03. The van der Waals surface area contributed by atoms with Gasteiger partial charge in [0.2, 0.25) is 0 Å². The Hall–Kier alpha value is -0.860. The van der Waals surface area contributed by atoms with Crippen molar-refractivity contribution >= 4 is 0 Å². The Kier molecular flexibility index (Phi) is 4.41. The van der Waals surface area contributed by atoms with Crippen LogP contribution in [0.1, 0.15) is 44.6 Å². The molecule has 1 aromatic carbocycles. The summed E-state index contributed by atoms with van der Waals surface area (Å²) < 4.78 is 0. The van der Waals surface area contributed by atoms with Crippen LogP contribution in [0.5, 0.6) is 0 Å². The molecule has 0 amide bonds. The predicted molar refractivity (Wildman–Crippen MR) is 75.8 cm³/mol. The van der Waals surface area contributed by atoms with E-state index in [9.17, 15) is 5.11 Å². The minimum Gasteiger partial charge on any atom is -0.389 e. The molecule has 2 heteroatoms. The third kappa shape index (κ3) is 3.12.